The van der Waals surface area contributed by atoms with E-state index in [1.165, 1.54) is 6.07 Å². The number of aliphatic hydroxyl groups is 1. The second kappa shape index (κ2) is 5.79. The van der Waals surface area contributed by atoms with E-state index in [1.54, 1.807) is 0 Å². The Morgan fingerprint density at radius 2 is 2.06 bits per heavy atom. The number of hydrogen-bond donors (Lipinski definition) is 2. The van der Waals surface area contributed by atoms with Crippen molar-refractivity contribution in [1.29, 1.82) is 0 Å². The molecule has 1 aliphatic rings. The fraction of sp³-hybridized carbons (Fsp3) is 0.300. The monoisotopic (exact) mass is 305 g/mol. The third kappa shape index (κ3) is 2.72. The van der Waals surface area contributed by atoms with Crippen molar-refractivity contribution in [3.8, 4) is 0 Å². The third-order valence-corrected chi connectivity index (χ3v) is 3.38. The molecular formula is C10H9Cl2N3O2S. The molecule has 0 spiro atoms. The van der Waals surface area contributed by atoms with Crippen molar-refractivity contribution in [2.75, 3.05) is 11.9 Å². The Morgan fingerprint density at radius 1 is 1.33 bits per heavy atom. The maximum Gasteiger partial charge on any atom is 0.224 e. The van der Waals surface area contributed by atoms with Gasteiger partial charge >= 0.3 is 0 Å². The molecule has 1 aromatic rings. The second-order valence-electron chi connectivity index (χ2n) is 3.55. The van der Waals surface area contributed by atoms with E-state index >= 15 is 0 Å². The van der Waals surface area contributed by atoms with E-state index in [1.807, 2.05) is 0 Å². The number of nitrogens with one attached hydrogen (secondary N) is 1. The molecule has 0 bridgehead atoms. The molecule has 0 atom stereocenters. The van der Waals surface area contributed by atoms with Crippen LogP contribution in [-0.2, 0) is 16.1 Å². The Labute approximate surface area is 117 Å². The van der Waals surface area contributed by atoms with Gasteiger partial charge in [0.25, 0.3) is 0 Å². The Kier molecular flexibility index (Phi) is 4.34. The highest BCUT2D eigenvalue weighted by Gasteiger charge is 2.19. The molecular weight excluding hydrogens is 297 g/mol. The first kappa shape index (κ1) is 13.5. The number of anilines is 1. The lowest BCUT2D eigenvalue weighted by Crippen LogP contribution is -2.12. The highest BCUT2D eigenvalue weighted by atomic mass is 35.5. The quantitative estimate of drug-likeness (QED) is 0.908. The summed E-state index contributed by atoms with van der Waals surface area (Å²) >= 11 is 13.0. The molecule has 0 aliphatic carbocycles. The number of hydrogen-bond acceptors (Lipinski definition) is 4. The first-order valence-electron chi connectivity index (χ1n) is 5.14. The van der Waals surface area contributed by atoms with Crippen LogP contribution in [0.2, 0.25) is 10.0 Å². The standard InChI is InChI=1S/C10H9Cl2N3O2S/c11-5-4-6(12)9-10(15-18-14-9)8(5)13-7(17)2-1-3-16/h4,16H,1-3H2,(H,13,17). The van der Waals surface area contributed by atoms with Crippen LogP contribution >= 0.6 is 23.2 Å². The molecule has 0 unspecified atom stereocenters. The predicted molar refractivity (Wildman–Crippen MR) is 73.0 cm³/mol. The van der Waals surface area contributed by atoms with Crippen LogP contribution < -0.4 is 5.32 Å². The van der Waals surface area contributed by atoms with E-state index < -0.39 is 0 Å². The summed E-state index contributed by atoms with van der Waals surface area (Å²) in [4.78, 5) is 11.6. The van der Waals surface area contributed by atoms with Crippen LogP contribution in [0.25, 0.3) is 0 Å². The van der Waals surface area contributed by atoms with E-state index in [0.29, 0.717) is 33.5 Å². The third-order valence-electron chi connectivity index (χ3n) is 2.27. The van der Waals surface area contributed by atoms with Crippen molar-refractivity contribution in [2.45, 2.75) is 12.8 Å². The molecule has 2 rings (SSSR count). The molecule has 18 heavy (non-hydrogen) atoms. The average Bonchev–Trinajstić information content (AvgIpc) is 2.81. The average molecular weight is 306 g/mol. The van der Waals surface area contributed by atoms with Crippen LogP contribution in [0.3, 0.4) is 0 Å². The molecule has 5 nitrogen and oxygen atoms in total. The number of nitrogens with zero attached hydrogens (tertiary/aromatic N) is 2. The molecule has 0 saturated carbocycles. The van der Waals surface area contributed by atoms with Gasteiger partial charge in [-0.25, -0.2) is 0 Å². The largest absolute Gasteiger partial charge is 0.396 e. The van der Waals surface area contributed by atoms with Gasteiger partial charge in [-0.2, -0.15) is 8.73 Å². The summed E-state index contributed by atoms with van der Waals surface area (Å²) in [6, 6.07) is 1.52. The zero-order valence-corrected chi connectivity index (χ0v) is 11.4. The predicted octanol–water partition coefficient (Wildman–Crippen LogP) is 3.43. The Hall–Kier alpha value is -0.950. The zero-order chi connectivity index (χ0) is 13.1. The molecule has 0 fully saturated rings. The number of fused-ring (bicyclic) bond motifs is 1. The summed E-state index contributed by atoms with van der Waals surface area (Å²) in [6.07, 6.45) is 0.615. The fourth-order valence-corrected chi connectivity index (χ4v) is 2.59. The van der Waals surface area contributed by atoms with Crippen molar-refractivity contribution < 1.29 is 9.90 Å². The minimum atomic E-state index is -0.234. The molecule has 0 radical (unpaired) electrons. The molecule has 0 aromatic heterocycles. The summed E-state index contributed by atoms with van der Waals surface area (Å²) in [5, 5.41) is 12.0. The van der Waals surface area contributed by atoms with E-state index in [-0.39, 0.29) is 18.9 Å². The van der Waals surface area contributed by atoms with Gasteiger partial charge in [0, 0.05) is 13.0 Å². The zero-order valence-electron chi connectivity index (χ0n) is 9.11. The number of rotatable bonds is 4. The number of amides is 1. The fourth-order valence-electron chi connectivity index (χ4n) is 1.43. The molecule has 1 heterocycles. The Bertz CT molecular complexity index is 571. The molecule has 2 N–H and O–H groups in total. The topological polar surface area (TPSA) is 74.0 Å². The minimum absolute atomic E-state index is 0.0323. The van der Waals surface area contributed by atoms with Gasteiger partial charge in [0.2, 0.25) is 5.91 Å². The smallest absolute Gasteiger partial charge is 0.224 e. The number of carbonyl (C=O) groups is 1. The lowest BCUT2D eigenvalue weighted by Gasteiger charge is -2.10. The van der Waals surface area contributed by atoms with Gasteiger partial charge < -0.3 is 10.4 Å². The van der Waals surface area contributed by atoms with Crippen LogP contribution in [-0.4, -0.2) is 17.6 Å². The Morgan fingerprint density at radius 3 is 2.78 bits per heavy atom. The van der Waals surface area contributed by atoms with Crippen LogP contribution in [0.5, 0.6) is 0 Å². The first-order chi connectivity index (χ1) is 8.63. The van der Waals surface area contributed by atoms with Crippen LogP contribution in [0.4, 0.5) is 17.1 Å². The molecule has 8 heteroatoms. The first-order valence-corrected chi connectivity index (χ1v) is 6.63. The van der Waals surface area contributed by atoms with Gasteiger partial charge in [-0.05, 0) is 12.5 Å². The van der Waals surface area contributed by atoms with Crippen molar-refractivity contribution in [1.82, 2.24) is 0 Å². The van der Waals surface area contributed by atoms with Gasteiger partial charge in [0.1, 0.15) is 11.4 Å². The summed E-state index contributed by atoms with van der Waals surface area (Å²) in [7, 11) is 0. The van der Waals surface area contributed by atoms with Gasteiger partial charge in [0.15, 0.2) is 0 Å². The van der Waals surface area contributed by atoms with Crippen LogP contribution in [0.15, 0.2) is 14.8 Å². The minimum Gasteiger partial charge on any atom is -0.396 e. The highest BCUT2D eigenvalue weighted by Crippen LogP contribution is 2.47. The van der Waals surface area contributed by atoms with E-state index in [4.69, 9.17) is 28.3 Å². The number of benzene rings is 1. The summed E-state index contributed by atoms with van der Waals surface area (Å²) in [5.74, 6) is -0.234. The lowest BCUT2D eigenvalue weighted by molar-refractivity contribution is -0.116. The SMILES string of the molecule is O=C(CCCO)Nc1c(Cl)cc(Cl)c2c1N=S=N2. The van der Waals surface area contributed by atoms with Crippen LogP contribution in [0.1, 0.15) is 12.8 Å². The van der Waals surface area contributed by atoms with E-state index in [2.05, 4.69) is 14.0 Å². The van der Waals surface area contributed by atoms with Crippen molar-refractivity contribution in [3.63, 3.8) is 0 Å². The highest BCUT2D eigenvalue weighted by molar-refractivity contribution is 7.58. The van der Waals surface area contributed by atoms with Gasteiger partial charge in [-0.3, -0.25) is 4.79 Å². The normalized spacial score (nSPS) is 12.2. The van der Waals surface area contributed by atoms with Gasteiger partial charge in [-0.1, -0.05) is 23.2 Å². The van der Waals surface area contributed by atoms with Crippen molar-refractivity contribution in [3.05, 3.63) is 16.1 Å². The van der Waals surface area contributed by atoms with Crippen LogP contribution in [0, 0.1) is 0 Å². The van der Waals surface area contributed by atoms with Gasteiger partial charge in [0.05, 0.1) is 27.1 Å². The molecule has 1 aliphatic heterocycles. The van der Waals surface area contributed by atoms with E-state index in [0.717, 1.165) is 11.4 Å². The Balaban J connectivity index is 2.27. The van der Waals surface area contributed by atoms with Gasteiger partial charge in [-0.15, -0.1) is 0 Å². The van der Waals surface area contributed by atoms with Crippen molar-refractivity contribution >= 4 is 57.5 Å². The maximum absolute atomic E-state index is 11.6. The molecule has 1 amide bonds. The van der Waals surface area contributed by atoms with Crippen molar-refractivity contribution in [2.24, 2.45) is 8.73 Å². The lowest BCUT2D eigenvalue weighted by atomic mass is 10.2. The molecule has 0 saturated heterocycles. The summed E-state index contributed by atoms with van der Waals surface area (Å²) in [5.41, 5.74) is 1.41. The summed E-state index contributed by atoms with van der Waals surface area (Å²) < 4.78 is 8.11. The molecule has 96 valence electrons. The molecule has 1 aromatic carbocycles. The second-order valence-corrected chi connectivity index (χ2v) is 4.89. The number of halogens is 2. The van der Waals surface area contributed by atoms with E-state index in [9.17, 15) is 4.79 Å². The number of carbonyl (C=O) groups excluding carboxylic acids is 1. The summed E-state index contributed by atoms with van der Waals surface area (Å²) in [6.45, 7) is -0.0323. The number of aliphatic hydroxyl groups excluding tert-OH is 1. The maximum atomic E-state index is 11.6.